The molecular weight excluding hydrogens is 305 g/mol. The highest BCUT2D eigenvalue weighted by Crippen LogP contribution is 2.32. The van der Waals surface area contributed by atoms with Gasteiger partial charge in [-0.25, -0.2) is 0 Å². The van der Waals surface area contributed by atoms with Gasteiger partial charge < -0.3 is 10.5 Å². The average molecular weight is 315 g/mol. The Morgan fingerprint density at radius 2 is 1.62 bits per heavy atom. The van der Waals surface area contributed by atoms with Crippen LogP contribution in [-0.4, -0.2) is 5.84 Å². The van der Waals surface area contributed by atoms with Gasteiger partial charge >= 0.3 is 6.18 Å². The monoisotopic (exact) mass is 314 g/mol. The lowest BCUT2D eigenvalue weighted by Gasteiger charge is -2.10. The lowest BCUT2D eigenvalue weighted by Crippen LogP contribution is -2.11. The Labute approximate surface area is 123 Å². The van der Waals surface area contributed by atoms with Crippen LogP contribution in [-0.2, 0) is 6.18 Å². The second-order valence-electron chi connectivity index (χ2n) is 4.18. The molecule has 0 bridgehead atoms. The Bertz CT molecular complexity index is 669. The number of hydrogen-bond donors (Lipinski definition) is 2. The summed E-state index contributed by atoms with van der Waals surface area (Å²) in [5.41, 5.74) is 4.93. The van der Waals surface area contributed by atoms with Gasteiger partial charge in [-0.3, -0.25) is 5.41 Å². The number of halogens is 4. The molecule has 2 aromatic carbocycles. The zero-order chi connectivity index (χ0) is 15.6. The van der Waals surface area contributed by atoms with Gasteiger partial charge in [-0.15, -0.1) is 0 Å². The van der Waals surface area contributed by atoms with Gasteiger partial charge in [0.1, 0.15) is 17.3 Å². The maximum Gasteiger partial charge on any atom is 0.416 e. The van der Waals surface area contributed by atoms with Crippen LogP contribution in [0.3, 0.4) is 0 Å². The fourth-order valence-electron chi connectivity index (χ4n) is 1.63. The van der Waals surface area contributed by atoms with E-state index in [1.54, 1.807) is 0 Å². The summed E-state index contributed by atoms with van der Waals surface area (Å²) in [4.78, 5) is 0. The number of benzene rings is 2. The third kappa shape index (κ3) is 3.66. The van der Waals surface area contributed by atoms with Crippen LogP contribution in [0.25, 0.3) is 0 Å². The Morgan fingerprint density at radius 1 is 1.05 bits per heavy atom. The topological polar surface area (TPSA) is 59.1 Å². The van der Waals surface area contributed by atoms with Crippen molar-refractivity contribution in [3.8, 4) is 11.5 Å². The molecule has 0 amide bonds. The van der Waals surface area contributed by atoms with Crippen molar-refractivity contribution in [2.75, 3.05) is 0 Å². The van der Waals surface area contributed by atoms with E-state index in [1.807, 2.05) is 0 Å². The van der Waals surface area contributed by atoms with Crippen LogP contribution >= 0.6 is 11.6 Å². The molecule has 0 fully saturated rings. The Hall–Kier alpha value is -2.21. The number of nitrogens with two attached hydrogens (primary N) is 1. The molecule has 0 aliphatic heterocycles. The van der Waals surface area contributed by atoms with E-state index < -0.39 is 11.7 Å². The van der Waals surface area contributed by atoms with E-state index in [9.17, 15) is 13.2 Å². The molecule has 2 aromatic rings. The van der Waals surface area contributed by atoms with Crippen molar-refractivity contribution < 1.29 is 17.9 Å². The summed E-state index contributed by atoms with van der Waals surface area (Å²) in [6.45, 7) is 0. The largest absolute Gasteiger partial charge is 0.457 e. The van der Waals surface area contributed by atoms with Crippen LogP contribution in [0.4, 0.5) is 13.2 Å². The maximum absolute atomic E-state index is 12.4. The first-order valence-electron chi connectivity index (χ1n) is 5.76. The van der Waals surface area contributed by atoms with E-state index in [4.69, 9.17) is 27.5 Å². The number of amidine groups is 1. The third-order valence-corrected chi connectivity index (χ3v) is 2.96. The SMILES string of the molecule is N=C(N)c1ccc(Oc2ccc(C(F)(F)F)cc2)cc1Cl. The lowest BCUT2D eigenvalue weighted by molar-refractivity contribution is -0.137. The molecule has 2 rings (SSSR count). The molecular formula is C14H10ClF3N2O. The summed E-state index contributed by atoms with van der Waals surface area (Å²) in [6, 6.07) is 8.77. The molecule has 0 aromatic heterocycles. The van der Waals surface area contributed by atoms with Gasteiger partial charge in [0.15, 0.2) is 0 Å². The van der Waals surface area contributed by atoms with Crippen molar-refractivity contribution >= 4 is 17.4 Å². The summed E-state index contributed by atoms with van der Waals surface area (Å²) in [7, 11) is 0. The zero-order valence-electron chi connectivity index (χ0n) is 10.5. The van der Waals surface area contributed by atoms with E-state index in [-0.39, 0.29) is 16.6 Å². The molecule has 0 spiro atoms. The summed E-state index contributed by atoms with van der Waals surface area (Å²) < 4.78 is 42.7. The summed E-state index contributed by atoms with van der Waals surface area (Å²) in [6.07, 6.45) is -4.38. The summed E-state index contributed by atoms with van der Waals surface area (Å²) in [5, 5.41) is 7.52. The van der Waals surface area contributed by atoms with Crippen molar-refractivity contribution in [3.63, 3.8) is 0 Å². The van der Waals surface area contributed by atoms with Crippen LogP contribution in [0.5, 0.6) is 11.5 Å². The molecule has 21 heavy (non-hydrogen) atoms. The highest BCUT2D eigenvalue weighted by Gasteiger charge is 2.30. The molecule has 7 heteroatoms. The van der Waals surface area contributed by atoms with Gasteiger partial charge in [0, 0.05) is 11.6 Å². The summed E-state index contributed by atoms with van der Waals surface area (Å²) in [5.74, 6) is 0.403. The van der Waals surface area contributed by atoms with Crippen molar-refractivity contribution in [2.45, 2.75) is 6.18 Å². The fourth-order valence-corrected chi connectivity index (χ4v) is 1.90. The van der Waals surface area contributed by atoms with E-state index in [2.05, 4.69) is 0 Å². The van der Waals surface area contributed by atoms with Crippen LogP contribution < -0.4 is 10.5 Å². The predicted molar refractivity (Wildman–Crippen MR) is 74.0 cm³/mol. The molecule has 0 saturated carbocycles. The Balaban J connectivity index is 2.19. The highest BCUT2D eigenvalue weighted by atomic mass is 35.5. The smallest absolute Gasteiger partial charge is 0.416 e. The third-order valence-electron chi connectivity index (χ3n) is 2.65. The van der Waals surface area contributed by atoms with Crippen LogP contribution in [0.2, 0.25) is 5.02 Å². The first-order chi connectivity index (χ1) is 9.77. The highest BCUT2D eigenvalue weighted by molar-refractivity contribution is 6.34. The first-order valence-corrected chi connectivity index (χ1v) is 6.14. The van der Waals surface area contributed by atoms with Crippen LogP contribution in [0.1, 0.15) is 11.1 Å². The molecule has 0 saturated heterocycles. The number of nitrogen functional groups attached to an aromatic ring is 1. The minimum atomic E-state index is -4.38. The molecule has 0 atom stereocenters. The Morgan fingerprint density at radius 3 is 2.10 bits per heavy atom. The second kappa shape index (κ2) is 5.65. The predicted octanol–water partition coefficient (Wildman–Crippen LogP) is 4.44. The molecule has 110 valence electrons. The fraction of sp³-hybridized carbons (Fsp3) is 0.0714. The molecule has 0 radical (unpaired) electrons. The quantitative estimate of drug-likeness (QED) is 0.650. The average Bonchev–Trinajstić information content (AvgIpc) is 2.38. The van der Waals surface area contributed by atoms with Crippen molar-refractivity contribution in [2.24, 2.45) is 5.73 Å². The number of rotatable bonds is 3. The first kappa shape index (κ1) is 15.2. The maximum atomic E-state index is 12.4. The molecule has 0 aliphatic carbocycles. The standard InChI is InChI=1S/C14H10ClF3N2O/c15-12-7-10(5-6-11(12)13(19)20)21-9-3-1-8(2-4-9)14(16,17)18/h1-7H,(H3,19,20). The number of hydrogen-bond acceptors (Lipinski definition) is 2. The van der Waals surface area contributed by atoms with Crippen molar-refractivity contribution in [3.05, 3.63) is 58.6 Å². The van der Waals surface area contributed by atoms with Crippen LogP contribution in [0, 0.1) is 5.41 Å². The number of ether oxygens (including phenoxy) is 1. The number of nitrogens with one attached hydrogen (secondary N) is 1. The van der Waals surface area contributed by atoms with Gasteiger partial charge in [-0.2, -0.15) is 13.2 Å². The molecule has 3 N–H and O–H groups in total. The van der Waals surface area contributed by atoms with Gasteiger partial charge in [0.2, 0.25) is 0 Å². The van der Waals surface area contributed by atoms with Gasteiger partial charge in [0.05, 0.1) is 10.6 Å². The zero-order valence-corrected chi connectivity index (χ0v) is 11.3. The van der Waals surface area contributed by atoms with E-state index in [1.165, 1.54) is 30.3 Å². The van der Waals surface area contributed by atoms with Crippen molar-refractivity contribution in [1.82, 2.24) is 0 Å². The minimum Gasteiger partial charge on any atom is -0.457 e. The van der Waals surface area contributed by atoms with E-state index in [0.29, 0.717) is 11.3 Å². The minimum absolute atomic E-state index is 0.180. The second-order valence-corrected chi connectivity index (χ2v) is 4.59. The molecule has 0 aliphatic rings. The molecule has 0 heterocycles. The van der Waals surface area contributed by atoms with E-state index >= 15 is 0 Å². The normalized spacial score (nSPS) is 11.2. The number of alkyl halides is 3. The van der Waals surface area contributed by atoms with Gasteiger partial charge in [0.25, 0.3) is 0 Å². The van der Waals surface area contributed by atoms with Crippen LogP contribution in [0.15, 0.2) is 42.5 Å². The molecule has 0 unspecified atom stereocenters. The van der Waals surface area contributed by atoms with Crippen molar-refractivity contribution in [1.29, 1.82) is 5.41 Å². The van der Waals surface area contributed by atoms with Gasteiger partial charge in [-0.1, -0.05) is 11.6 Å². The summed E-state index contributed by atoms with van der Waals surface area (Å²) >= 11 is 5.93. The van der Waals surface area contributed by atoms with Gasteiger partial charge in [-0.05, 0) is 36.4 Å². The lowest BCUT2D eigenvalue weighted by atomic mass is 10.2. The van der Waals surface area contributed by atoms with E-state index in [0.717, 1.165) is 12.1 Å². The molecule has 3 nitrogen and oxygen atoms in total. The Kier molecular flexibility index (Phi) is 4.09.